The molecule has 4 heteroatoms. The van der Waals surface area contributed by atoms with Gasteiger partial charge in [0.25, 0.3) is 0 Å². The van der Waals surface area contributed by atoms with Crippen LogP contribution in [0.4, 0.5) is 0 Å². The number of rotatable bonds is 3. The molecule has 0 unspecified atom stereocenters. The van der Waals surface area contributed by atoms with Crippen molar-refractivity contribution in [3.8, 4) is 0 Å². The minimum atomic E-state index is -0.514. The standard InChI is InChI=1S/C16H23BrN2O/c1-16(2,11-3-5-12(17)6-4-11)15(20)19-14-9-7-13(18)8-10-14/h3-6,13-14H,7-10,18H2,1-2H3,(H,19,20). The number of hydrogen-bond donors (Lipinski definition) is 2. The molecule has 3 nitrogen and oxygen atoms in total. The quantitative estimate of drug-likeness (QED) is 0.889. The van der Waals surface area contributed by atoms with E-state index in [9.17, 15) is 4.79 Å². The number of nitrogens with one attached hydrogen (secondary N) is 1. The summed E-state index contributed by atoms with van der Waals surface area (Å²) in [4.78, 5) is 12.5. The summed E-state index contributed by atoms with van der Waals surface area (Å²) in [6, 6.07) is 8.54. The van der Waals surface area contributed by atoms with E-state index < -0.39 is 5.41 Å². The van der Waals surface area contributed by atoms with Crippen molar-refractivity contribution in [2.24, 2.45) is 5.73 Å². The summed E-state index contributed by atoms with van der Waals surface area (Å²) in [6.07, 6.45) is 3.99. The van der Waals surface area contributed by atoms with Crippen molar-refractivity contribution < 1.29 is 4.79 Å². The Hall–Kier alpha value is -0.870. The molecule has 1 saturated carbocycles. The summed E-state index contributed by atoms with van der Waals surface area (Å²) in [5, 5.41) is 3.19. The number of hydrogen-bond acceptors (Lipinski definition) is 2. The topological polar surface area (TPSA) is 55.1 Å². The van der Waals surface area contributed by atoms with Crippen LogP contribution in [-0.4, -0.2) is 18.0 Å². The largest absolute Gasteiger partial charge is 0.353 e. The van der Waals surface area contributed by atoms with Crippen LogP contribution < -0.4 is 11.1 Å². The molecule has 2 rings (SSSR count). The molecule has 0 atom stereocenters. The fourth-order valence-electron chi connectivity index (χ4n) is 2.63. The molecule has 1 fully saturated rings. The molecule has 3 N–H and O–H groups in total. The van der Waals surface area contributed by atoms with Crippen LogP contribution in [0.15, 0.2) is 28.7 Å². The molecule has 1 aliphatic carbocycles. The zero-order valence-electron chi connectivity index (χ0n) is 12.2. The van der Waals surface area contributed by atoms with Crippen LogP contribution >= 0.6 is 15.9 Å². The zero-order chi connectivity index (χ0) is 14.8. The molecule has 1 aromatic carbocycles. The van der Waals surface area contributed by atoms with E-state index >= 15 is 0 Å². The van der Waals surface area contributed by atoms with E-state index in [-0.39, 0.29) is 11.9 Å². The summed E-state index contributed by atoms with van der Waals surface area (Å²) in [7, 11) is 0. The molecular formula is C16H23BrN2O. The van der Waals surface area contributed by atoms with Gasteiger partial charge in [-0.25, -0.2) is 0 Å². The molecule has 0 saturated heterocycles. The molecule has 1 aliphatic rings. The predicted molar refractivity (Wildman–Crippen MR) is 85.5 cm³/mol. The van der Waals surface area contributed by atoms with Gasteiger partial charge in [-0.3, -0.25) is 4.79 Å². The molecule has 0 aliphatic heterocycles. The summed E-state index contributed by atoms with van der Waals surface area (Å²) in [5.41, 5.74) is 6.42. The molecule has 1 amide bonds. The fraction of sp³-hybridized carbons (Fsp3) is 0.562. The first-order valence-electron chi connectivity index (χ1n) is 7.22. The number of halogens is 1. The number of nitrogens with two attached hydrogens (primary N) is 1. The number of carbonyl (C=O) groups is 1. The van der Waals surface area contributed by atoms with Gasteiger partial charge >= 0.3 is 0 Å². The van der Waals surface area contributed by atoms with Crippen LogP contribution in [0.2, 0.25) is 0 Å². The number of carbonyl (C=O) groups excluding carboxylic acids is 1. The highest BCUT2D eigenvalue weighted by Crippen LogP contribution is 2.26. The van der Waals surface area contributed by atoms with Gasteiger partial charge in [0.15, 0.2) is 0 Å². The van der Waals surface area contributed by atoms with Gasteiger partial charge in [-0.1, -0.05) is 28.1 Å². The average molecular weight is 339 g/mol. The first-order chi connectivity index (χ1) is 9.39. The van der Waals surface area contributed by atoms with Crippen LogP contribution in [0.5, 0.6) is 0 Å². The van der Waals surface area contributed by atoms with Gasteiger partial charge in [0.1, 0.15) is 0 Å². The molecule has 0 radical (unpaired) electrons. The molecule has 0 aromatic heterocycles. The summed E-state index contributed by atoms with van der Waals surface area (Å²) >= 11 is 3.42. The smallest absolute Gasteiger partial charge is 0.230 e. The molecular weight excluding hydrogens is 316 g/mol. The molecule has 0 bridgehead atoms. The van der Waals surface area contributed by atoms with Crippen LogP contribution in [0.3, 0.4) is 0 Å². The second-order valence-electron chi connectivity index (χ2n) is 6.22. The molecule has 110 valence electrons. The van der Waals surface area contributed by atoms with Crippen molar-refractivity contribution in [3.05, 3.63) is 34.3 Å². The van der Waals surface area contributed by atoms with E-state index in [4.69, 9.17) is 5.73 Å². The Labute approximate surface area is 129 Å². The third-order valence-corrected chi connectivity index (χ3v) is 4.77. The van der Waals surface area contributed by atoms with E-state index in [1.165, 1.54) is 0 Å². The van der Waals surface area contributed by atoms with Gasteiger partial charge in [-0.15, -0.1) is 0 Å². The lowest BCUT2D eigenvalue weighted by Crippen LogP contribution is -2.47. The van der Waals surface area contributed by atoms with Gasteiger partial charge in [-0.2, -0.15) is 0 Å². The highest BCUT2D eigenvalue weighted by atomic mass is 79.9. The summed E-state index contributed by atoms with van der Waals surface area (Å²) in [6.45, 7) is 3.94. The summed E-state index contributed by atoms with van der Waals surface area (Å²) < 4.78 is 1.03. The maximum absolute atomic E-state index is 12.5. The Kier molecular flexibility index (Phi) is 4.86. The number of benzene rings is 1. The van der Waals surface area contributed by atoms with Gasteiger partial charge in [0, 0.05) is 16.6 Å². The van der Waals surface area contributed by atoms with Crippen molar-refractivity contribution in [1.82, 2.24) is 5.32 Å². The first-order valence-corrected chi connectivity index (χ1v) is 8.01. The van der Waals surface area contributed by atoms with E-state index in [2.05, 4.69) is 21.2 Å². The minimum absolute atomic E-state index is 0.0975. The maximum atomic E-state index is 12.5. The van der Waals surface area contributed by atoms with E-state index in [0.717, 1.165) is 35.7 Å². The van der Waals surface area contributed by atoms with Gasteiger partial charge in [0.2, 0.25) is 5.91 Å². The van der Waals surface area contributed by atoms with Crippen molar-refractivity contribution in [1.29, 1.82) is 0 Å². The normalized spacial score (nSPS) is 23.4. The molecule has 1 aromatic rings. The average Bonchev–Trinajstić information content (AvgIpc) is 2.42. The lowest BCUT2D eigenvalue weighted by atomic mass is 9.82. The molecule has 0 spiro atoms. The minimum Gasteiger partial charge on any atom is -0.353 e. The first kappa shape index (κ1) is 15.5. The van der Waals surface area contributed by atoms with Crippen molar-refractivity contribution in [3.63, 3.8) is 0 Å². The van der Waals surface area contributed by atoms with Gasteiger partial charge in [0.05, 0.1) is 5.41 Å². The number of amides is 1. The lowest BCUT2D eigenvalue weighted by Gasteiger charge is -2.31. The SMILES string of the molecule is CC(C)(C(=O)NC1CCC(N)CC1)c1ccc(Br)cc1. The van der Waals surface area contributed by atoms with Crippen molar-refractivity contribution in [2.75, 3.05) is 0 Å². The lowest BCUT2D eigenvalue weighted by molar-refractivity contribution is -0.126. The second kappa shape index (κ2) is 6.27. The van der Waals surface area contributed by atoms with Crippen molar-refractivity contribution >= 4 is 21.8 Å². The van der Waals surface area contributed by atoms with Crippen molar-refractivity contribution in [2.45, 2.75) is 57.0 Å². The molecule has 0 heterocycles. The van der Waals surface area contributed by atoms with E-state index in [1.807, 2.05) is 38.1 Å². The third kappa shape index (κ3) is 3.61. The fourth-order valence-corrected chi connectivity index (χ4v) is 2.89. The third-order valence-electron chi connectivity index (χ3n) is 4.24. The van der Waals surface area contributed by atoms with Crippen LogP contribution in [0.1, 0.15) is 45.1 Å². The van der Waals surface area contributed by atoms with Gasteiger partial charge < -0.3 is 11.1 Å². The highest BCUT2D eigenvalue weighted by molar-refractivity contribution is 9.10. The van der Waals surface area contributed by atoms with Gasteiger partial charge in [-0.05, 0) is 57.2 Å². The Morgan fingerprint density at radius 3 is 2.30 bits per heavy atom. The summed E-state index contributed by atoms with van der Waals surface area (Å²) in [5.74, 6) is 0.0975. The monoisotopic (exact) mass is 338 g/mol. The second-order valence-corrected chi connectivity index (χ2v) is 7.13. The van der Waals surface area contributed by atoms with E-state index in [0.29, 0.717) is 6.04 Å². The Morgan fingerprint density at radius 1 is 1.20 bits per heavy atom. The predicted octanol–water partition coefficient (Wildman–Crippen LogP) is 3.11. The Bertz CT molecular complexity index is 462. The Morgan fingerprint density at radius 2 is 1.75 bits per heavy atom. The van der Waals surface area contributed by atoms with Crippen LogP contribution in [-0.2, 0) is 10.2 Å². The van der Waals surface area contributed by atoms with Crippen LogP contribution in [0, 0.1) is 0 Å². The zero-order valence-corrected chi connectivity index (χ0v) is 13.7. The molecule has 20 heavy (non-hydrogen) atoms. The maximum Gasteiger partial charge on any atom is 0.230 e. The van der Waals surface area contributed by atoms with Crippen LogP contribution in [0.25, 0.3) is 0 Å². The Balaban J connectivity index is 2.01. The highest BCUT2D eigenvalue weighted by Gasteiger charge is 2.32. The van der Waals surface area contributed by atoms with E-state index in [1.54, 1.807) is 0 Å².